The summed E-state index contributed by atoms with van der Waals surface area (Å²) in [6, 6.07) is 12.5. The largest absolute Gasteiger partial charge is 0.377 e. The van der Waals surface area contributed by atoms with Crippen LogP contribution in [0.25, 0.3) is 11.4 Å². The van der Waals surface area contributed by atoms with Crippen LogP contribution in [0.1, 0.15) is 23.7 Å². The summed E-state index contributed by atoms with van der Waals surface area (Å²) >= 11 is 0. The van der Waals surface area contributed by atoms with E-state index >= 15 is 0 Å². The van der Waals surface area contributed by atoms with Crippen LogP contribution in [0, 0.1) is 0 Å². The summed E-state index contributed by atoms with van der Waals surface area (Å²) in [6.07, 6.45) is 4.00. The van der Waals surface area contributed by atoms with Gasteiger partial charge in [0.05, 0.1) is 11.7 Å². The summed E-state index contributed by atoms with van der Waals surface area (Å²) in [7, 11) is 0. The van der Waals surface area contributed by atoms with Crippen LogP contribution in [0.5, 0.6) is 0 Å². The molecule has 0 aliphatic heterocycles. The minimum absolute atomic E-state index is 0.265. The molecule has 0 amide bonds. The fourth-order valence-electron chi connectivity index (χ4n) is 2.79. The molecule has 0 bridgehead atoms. The number of aromatic nitrogens is 5. The van der Waals surface area contributed by atoms with Crippen LogP contribution in [-0.2, 0) is 6.42 Å². The van der Waals surface area contributed by atoms with E-state index in [1.165, 1.54) is 5.56 Å². The van der Waals surface area contributed by atoms with Gasteiger partial charge in [0.25, 0.3) is 0 Å². The molecule has 1 unspecified atom stereocenters. The molecule has 0 radical (unpaired) electrons. The number of hydrogen-bond acceptors (Lipinski definition) is 5. The van der Waals surface area contributed by atoms with Crippen molar-refractivity contribution in [3.05, 3.63) is 53.9 Å². The number of rotatable bonds is 3. The van der Waals surface area contributed by atoms with E-state index in [2.05, 4.69) is 37.0 Å². The summed E-state index contributed by atoms with van der Waals surface area (Å²) in [5, 5.41) is 17.6. The number of nitrogens with one attached hydrogen (secondary N) is 2. The zero-order chi connectivity index (χ0) is 14.1. The highest BCUT2D eigenvalue weighted by Gasteiger charge is 2.23. The Bertz CT molecular complexity index is 752. The zero-order valence-corrected chi connectivity index (χ0v) is 11.3. The van der Waals surface area contributed by atoms with Gasteiger partial charge in [0, 0.05) is 17.4 Å². The molecule has 6 nitrogen and oxygen atoms in total. The Morgan fingerprint density at radius 2 is 2.19 bits per heavy atom. The molecule has 0 saturated carbocycles. The third-order valence-corrected chi connectivity index (χ3v) is 3.77. The van der Waals surface area contributed by atoms with E-state index in [9.17, 15) is 0 Å². The van der Waals surface area contributed by atoms with Gasteiger partial charge in [-0.25, -0.2) is 0 Å². The minimum Gasteiger partial charge on any atom is -0.377 e. The average molecular weight is 278 g/mol. The Labute approximate surface area is 121 Å². The third kappa shape index (κ3) is 2.24. The van der Waals surface area contributed by atoms with Crippen molar-refractivity contribution >= 4 is 5.69 Å². The molecule has 0 saturated heterocycles. The van der Waals surface area contributed by atoms with E-state index in [1.807, 2.05) is 36.5 Å². The van der Waals surface area contributed by atoms with Crippen LogP contribution in [0.3, 0.4) is 0 Å². The zero-order valence-electron chi connectivity index (χ0n) is 11.3. The second-order valence-electron chi connectivity index (χ2n) is 5.10. The Balaban J connectivity index is 1.60. The molecule has 1 aromatic carbocycles. The number of fused-ring (bicyclic) bond motifs is 1. The van der Waals surface area contributed by atoms with Crippen molar-refractivity contribution in [3.63, 3.8) is 0 Å². The van der Waals surface area contributed by atoms with E-state index in [0.29, 0.717) is 5.82 Å². The van der Waals surface area contributed by atoms with Gasteiger partial charge < -0.3 is 5.32 Å². The van der Waals surface area contributed by atoms with Gasteiger partial charge in [-0.05, 0) is 41.8 Å². The van der Waals surface area contributed by atoms with Gasteiger partial charge in [-0.3, -0.25) is 4.98 Å². The minimum atomic E-state index is 0.265. The summed E-state index contributed by atoms with van der Waals surface area (Å²) in [6.45, 7) is 0. The number of aryl methyl sites for hydroxylation is 1. The van der Waals surface area contributed by atoms with Crippen LogP contribution < -0.4 is 5.32 Å². The normalized spacial score (nSPS) is 16.7. The maximum atomic E-state index is 4.51. The molecule has 0 fully saturated rings. The lowest BCUT2D eigenvalue weighted by molar-refractivity contribution is 0.746. The first-order valence-electron chi connectivity index (χ1n) is 6.94. The molecular weight excluding hydrogens is 264 g/mol. The number of H-pyrrole nitrogens is 1. The van der Waals surface area contributed by atoms with E-state index in [4.69, 9.17) is 0 Å². The molecule has 2 aromatic heterocycles. The highest BCUT2D eigenvalue weighted by Crippen LogP contribution is 2.32. The van der Waals surface area contributed by atoms with Crippen LogP contribution >= 0.6 is 0 Å². The molecule has 21 heavy (non-hydrogen) atoms. The molecule has 4 rings (SSSR count). The highest BCUT2D eigenvalue weighted by atomic mass is 15.5. The van der Waals surface area contributed by atoms with Gasteiger partial charge in [-0.1, -0.05) is 18.2 Å². The smallest absolute Gasteiger partial charge is 0.204 e. The van der Waals surface area contributed by atoms with Crippen molar-refractivity contribution in [1.82, 2.24) is 25.6 Å². The lowest BCUT2D eigenvalue weighted by atomic mass is 10.1. The van der Waals surface area contributed by atoms with E-state index in [0.717, 1.165) is 29.8 Å². The van der Waals surface area contributed by atoms with Gasteiger partial charge in [-0.2, -0.15) is 5.21 Å². The fourth-order valence-corrected chi connectivity index (χ4v) is 2.79. The maximum absolute atomic E-state index is 4.51. The summed E-state index contributed by atoms with van der Waals surface area (Å²) in [5.74, 6) is 0.601. The number of nitrogens with zero attached hydrogens (tertiary/aromatic N) is 4. The first-order chi connectivity index (χ1) is 10.4. The number of pyridine rings is 1. The monoisotopic (exact) mass is 278 g/mol. The first-order valence-corrected chi connectivity index (χ1v) is 6.94. The predicted molar refractivity (Wildman–Crippen MR) is 78.5 cm³/mol. The number of anilines is 1. The van der Waals surface area contributed by atoms with Crippen molar-refractivity contribution in [2.45, 2.75) is 18.9 Å². The Morgan fingerprint density at radius 3 is 3.10 bits per heavy atom. The van der Waals surface area contributed by atoms with E-state index < -0.39 is 0 Å². The average Bonchev–Trinajstić information content (AvgIpc) is 3.18. The highest BCUT2D eigenvalue weighted by molar-refractivity contribution is 5.62. The van der Waals surface area contributed by atoms with Crippen LogP contribution in [0.2, 0.25) is 0 Å². The quantitative estimate of drug-likeness (QED) is 0.769. The van der Waals surface area contributed by atoms with Crippen molar-refractivity contribution in [3.8, 4) is 11.4 Å². The van der Waals surface area contributed by atoms with Gasteiger partial charge in [0.1, 0.15) is 0 Å². The molecule has 2 heterocycles. The second kappa shape index (κ2) is 4.97. The van der Waals surface area contributed by atoms with Gasteiger partial charge in [0.15, 0.2) is 0 Å². The van der Waals surface area contributed by atoms with Crippen LogP contribution in [-0.4, -0.2) is 25.6 Å². The van der Waals surface area contributed by atoms with Gasteiger partial charge >= 0.3 is 0 Å². The Hall–Kier alpha value is -2.76. The first kappa shape index (κ1) is 12.0. The number of hydrogen-bond donors (Lipinski definition) is 2. The SMILES string of the molecule is c1cc(NC2CCc3cccnc32)cc(-c2nn[nH]n2)c1. The van der Waals surface area contributed by atoms with Crippen molar-refractivity contribution < 1.29 is 0 Å². The predicted octanol–water partition coefficient (Wildman–Crippen LogP) is 2.36. The lowest BCUT2D eigenvalue weighted by Gasteiger charge is -2.15. The summed E-state index contributed by atoms with van der Waals surface area (Å²) < 4.78 is 0. The van der Waals surface area contributed by atoms with Crippen molar-refractivity contribution in [1.29, 1.82) is 0 Å². The molecule has 6 heteroatoms. The molecular formula is C15H14N6. The molecule has 0 spiro atoms. The Kier molecular flexibility index (Phi) is 2.85. The van der Waals surface area contributed by atoms with Crippen molar-refractivity contribution in [2.75, 3.05) is 5.32 Å². The molecule has 3 aromatic rings. The van der Waals surface area contributed by atoms with Gasteiger partial charge in [0.2, 0.25) is 5.82 Å². The number of benzene rings is 1. The maximum Gasteiger partial charge on any atom is 0.204 e. The summed E-state index contributed by atoms with van der Waals surface area (Å²) in [4.78, 5) is 4.51. The van der Waals surface area contributed by atoms with E-state index in [-0.39, 0.29) is 6.04 Å². The van der Waals surface area contributed by atoms with E-state index in [1.54, 1.807) is 0 Å². The molecule has 104 valence electrons. The third-order valence-electron chi connectivity index (χ3n) is 3.77. The molecule has 2 N–H and O–H groups in total. The number of tetrazole rings is 1. The molecule has 1 atom stereocenters. The standard InChI is InChI=1S/C15H14N6/c1-3-11(15-18-20-21-19-15)9-12(5-1)17-13-7-6-10-4-2-8-16-14(10)13/h1-5,8-9,13,17H,6-7H2,(H,18,19,20,21). The molecule has 1 aliphatic carbocycles. The van der Waals surface area contributed by atoms with Crippen LogP contribution in [0.15, 0.2) is 42.6 Å². The lowest BCUT2D eigenvalue weighted by Crippen LogP contribution is -2.08. The topological polar surface area (TPSA) is 79.4 Å². The molecule has 1 aliphatic rings. The van der Waals surface area contributed by atoms with Crippen LogP contribution in [0.4, 0.5) is 5.69 Å². The Morgan fingerprint density at radius 1 is 1.19 bits per heavy atom. The summed E-state index contributed by atoms with van der Waals surface area (Å²) in [5.41, 5.74) is 4.47. The van der Waals surface area contributed by atoms with Crippen molar-refractivity contribution in [2.24, 2.45) is 0 Å². The van der Waals surface area contributed by atoms with Gasteiger partial charge in [-0.15, -0.1) is 10.2 Å². The fraction of sp³-hybridized carbons (Fsp3) is 0.200. The number of aromatic amines is 1. The second-order valence-corrected chi connectivity index (χ2v) is 5.10.